The van der Waals surface area contributed by atoms with Crippen molar-refractivity contribution >= 4 is 23.8 Å². The van der Waals surface area contributed by atoms with Gasteiger partial charge in [0.25, 0.3) is 0 Å². The molecule has 0 bridgehead atoms. The summed E-state index contributed by atoms with van der Waals surface area (Å²) in [6.45, 7) is 6.25. The Balaban J connectivity index is 1.91. The first-order valence-corrected chi connectivity index (χ1v) is 17.0. The van der Waals surface area contributed by atoms with Crippen LogP contribution in [0.25, 0.3) is 0 Å². The first-order valence-electron chi connectivity index (χ1n) is 17.0. The molecule has 3 atom stereocenters. The number of hydrogen-bond donors (Lipinski definition) is 6. The Bertz CT molecular complexity index is 1540. The average molecular weight is 689 g/mol. The number of phenolic OH excluding ortho intramolecular Hbond substituents is 1. The number of primary amides is 1. The molecule has 7 N–H and O–H groups in total. The first kappa shape index (κ1) is 39.5. The Kier molecular flexibility index (Phi) is 14.4. The molecule has 0 fully saturated rings. The highest BCUT2D eigenvalue weighted by molar-refractivity contribution is 5.95. The zero-order valence-corrected chi connectivity index (χ0v) is 29.5. The average Bonchev–Trinajstić information content (AvgIpc) is 3.04. The second-order valence-electron chi connectivity index (χ2n) is 14.2. The number of unbranched alkanes of at least 4 members (excludes halogenated alkanes) is 2. The summed E-state index contributed by atoms with van der Waals surface area (Å²) >= 11 is 0. The van der Waals surface area contributed by atoms with E-state index in [2.05, 4.69) is 28.1 Å². The monoisotopic (exact) mass is 688 g/mol. The van der Waals surface area contributed by atoms with Gasteiger partial charge in [0.1, 0.15) is 22.9 Å². The van der Waals surface area contributed by atoms with Crippen molar-refractivity contribution in [1.82, 2.24) is 16.0 Å². The van der Waals surface area contributed by atoms with E-state index in [4.69, 9.17) is 10.5 Å². The number of carbonyl (C=O) groups excluding carboxylic acids is 4. The fourth-order valence-electron chi connectivity index (χ4n) is 5.75. The SMILES string of the molecule is CC(C)(C)OC(=O)NC[C@@](C)(O)C[C@@](Cc1ccc(O)cc1)(NC(=O)CCCCCc1ccccc1)C(=O)NC(Cc1ccccc1)C(N)=O. The molecule has 3 rings (SSSR count). The minimum Gasteiger partial charge on any atom is -0.508 e. The van der Waals surface area contributed by atoms with E-state index in [9.17, 15) is 29.4 Å². The van der Waals surface area contributed by atoms with E-state index < -0.39 is 46.6 Å². The van der Waals surface area contributed by atoms with Crippen molar-refractivity contribution in [3.8, 4) is 5.75 Å². The first-order chi connectivity index (χ1) is 23.6. The predicted octanol–water partition coefficient (Wildman–Crippen LogP) is 4.47. The van der Waals surface area contributed by atoms with Gasteiger partial charge in [-0.25, -0.2) is 4.79 Å². The van der Waals surface area contributed by atoms with E-state index in [0.29, 0.717) is 12.0 Å². The normalized spacial score (nSPS) is 14.3. The van der Waals surface area contributed by atoms with Crippen LogP contribution in [0.1, 0.15) is 76.5 Å². The van der Waals surface area contributed by atoms with Crippen LogP contribution >= 0.6 is 0 Å². The summed E-state index contributed by atoms with van der Waals surface area (Å²) in [5.41, 5.74) is 3.94. The van der Waals surface area contributed by atoms with Gasteiger partial charge in [-0.3, -0.25) is 14.4 Å². The minimum atomic E-state index is -1.82. The van der Waals surface area contributed by atoms with Gasteiger partial charge in [0.15, 0.2) is 0 Å². The molecule has 0 aromatic heterocycles. The standard InChI is InChI=1S/C39H52N4O7/c1-37(2,3)50-36(48)41-27-38(4,49)26-39(25-30-20-22-31(44)23-21-30,35(47)42-32(34(40)46)24-29-17-11-6-12-18-29)43-33(45)19-13-7-10-16-28-14-8-5-9-15-28/h5-6,8-9,11-12,14-15,17-18,20-23,32,44,49H,7,10,13,16,19,24-27H2,1-4H3,(H2,40,46)(H,41,48)(H,42,47)(H,43,45)/t32?,38-,39+/m0/s1. The number of benzene rings is 3. The highest BCUT2D eigenvalue weighted by Crippen LogP contribution is 2.28. The molecule has 1 unspecified atom stereocenters. The van der Waals surface area contributed by atoms with Gasteiger partial charge in [-0.15, -0.1) is 0 Å². The highest BCUT2D eigenvalue weighted by atomic mass is 16.6. The van der Waals surface area contributed by atoms with E-state index in [0.717, 1.165) is 24.8 Å². The summed E-state index contributed by atoms with van der Waals surface area (Å²) in [6.07, 6.45) is 2.06. The number of aliphatic hydroxyl groups is 1. The Morgan fingerprint density at radius 1 is 0.800 bits per heavy atom. The molecule has 270 valence electrons. The number of ether oxygens (including phenoxy) is 1. The largest absolute Gasteiger partial charge is 0.508 e. The molecule has 0 radical (unpaired) electrons. The van der Waals surface area contributed by atoms with Gasteiger partial charge < -0.3 is 36.6 Å². The Hall–Kier alpha value is -4.90. The summed E-state index contributed by atoms with van der Waals surface area (Å²) in [7, 11) is 0. The minimum absolute atomic E-state index is 0.00792. The Labute approximate surface area is 295 Å². The van der Waals surface area contributed by atoms with E-state index in [1.165, 1.54) is 24.6 Å². The van der Waals surface area contributed by atoms with Gasteiger partial charge >= 0.3 is 6.09 Å². The molecular weight excluding hydrogens is 636 g/mol. The number of phenols is 1. The summed E-state index contributed by atoms with van der Waals surface area (Å²) in [5.74, 6) is -1.93. The third-order valence-electron chi connectivity index (χ3n) is 8.09. The van der Waals surface area contributed by atoms with Crippen LogP contribution in [0.2, 0.25) is 0 Å². The van der Waals surface area contributed by atoms with Crippen LogP contribution in [-0.4, -0.2) is 63.4 Å². The number of nitrogens with one attached hydrogen (secondary N) is 3. The lowest BCUT2D eigenvalue weighted by Gasteiger charge is -2.40. The molecule has 0 heterocycles. The number of nitrogens with two attached hydrogens (primary N) is 1. The summed E-state index contributed by atoms with van der Waals surface area (Å²) in [6, 6.07) is 24.1. The molecule has 0 saturated carbocycles. The summed E-state index contributed by atoms with van der Waals surface area (Å²) < 4.78 is 5.32. The van der Waals surface area contributed by atoms with Gasteiger partial charge in [-0.2, -0.15) is 0 Å². The van der Waals surface area contributed by atoms with Crippen LogP contribution in [0.3, 0.4) is 0 Å². The van der Waals surface area contributed by atoms with Crippen LogP contribution in [0.4, 0.5) is 4.79 Å². The molecule has 11 heteroatoms. The van der Waals surface area contributed by atoms with Crippen LogP contribution in [-0.2, 0) is 38.4 Å². The third kappa shape index (κ3) is 13.9. The van der Waals surface area contributed by atoms with E-state index >= 15 is 0 Å². The lowest BCUT2D eigenvalue weighted by molar-refractivity contribution is -0.138. The molecule has 0 saturated heterocycles. The van der Waals surface area contributed by atoms with Crippen molar-refractivity contribution < 1.29 is 34.1 Å². The predicted molar refractivity (Wildman–Crippen MR) is 192 cm³/mol. The molecule has 11 nitrogen and oxygen atoms in total. The van der Waals surface area contributed by atoms with Crippen molar-refractivity contribution in [3.63, 3.8) is 0 Å². The molecule has 3 aromatic rings. The lowest BCUT2D eigenvalue weighted by atomic mass is 9.79. The Morgan fingerprint density at radius 2 is 1.40 bits per heavy atom. The van der Waals surface area contributed by atoms with Gasteiger partial charge in [-0.05, 0) is 75.8 Å². The number of alkyl carbamates (subject to hydrolysis) is 1. The van der Waals surface area contributed by atoms with Crippen molar-refractivity contribution in [2.24, 2.45) is 5.73 Å². The second kappa shape index (κ2) is 18.2. The molecule has 0 aliphatic carbocycles. The van der Waals surface area contributed by atoms with Gasteiger partial charge in [0.05, 0.1) is 5.60 Å². The molecule has 0 spiro atoms. The zero-order valence-electron chi connectivity index (χ0n) is 29.5. The highest BCUT2D eigenvalue weighted by Gasteiger charge is 2.46. The maximum Gasteiger partial charge on any atom is 0.407 e. The number of amides is 4. The van der Waals surface area contributed by atoms with Crippen LogP contribution in [0, 0.1) is 0 Å². The molecule has 0 aliphatic heterocycles. The van der Waals surface area contributed by atoms with Crippen molar-refractivity contribution in [2.75, 3.05) is 6.54 Å². The fourth-order valence-corrected chi connectivity index (χ4v) is 5.75. The second-order valence-corrected chi connectivity index (χ2v) is 14.2. The lowest BCUT2D eigenvalue weighted by Crippen LogP contribution is -2.66. The van der Waals surface area contributed by atoms with E-state index in [1.54, 1.807) is 57.2 Å². The molecule has 0 aliphatic rings. The van der Waals surface area contributed by atoms with Crippen molar-refractivity contribution in [2.45, 2.75) is 102 Å². The van der Waals surface area contributed by atoms with Crippen LogP contribution < -0.4 is 21.7 Å². The van der Waals surface area contributed by atoms with E-state index in [-0.39, 0.29) is 38.0 Å². The maximum atomic E-state index is 14.5. The fraction of sp³-hybridized carbons (Fsp3) is 0.436. The van der Waals surface area contributed by atoms with Crippen molar-refractivity contribution in [3.05, 3.63) is 102 Å². The number of aromatic hydroxyl groups is 1. The zero-order chi connectivity index (χ0) is 36.8. The molecule has 4 amide bonds. The maximum absolute atomic E-state index is 14.5. The summed E-state index contributed by atoms with van der Waals surface area (Å²) in [4.78, 5) is 53.3. The van der Waals surface area contributed by atoms with Gasteiger partial charge in [0.2, 0.25) is 17.7 Å². The quantitative estimate of drug-likeness (QED) is 0.107. The number of carbonyl (C=O) groups is 4. The summed E-state index contributed by atoms with van der Waals surface area (Å²) in [5, 5.41) is 29.9. The van der Waals surface area contributed by atoms with Gasteiger partial charge in [0, 0.05) is 32.2 Å². The number of aryl methyl sites for hydroxylation is 1. The smallest absolute Gasteiger partial charge is 0.407 e. The molecule has 50 heavy (non-hydrogen) atoms. The third-order valence-corrected chi connectivity index (χ3v) is 8.09. The van der Waals surface area contributed by atoms with E-state index in [1.807, 2.05) is 24.3 Å². The Morgan fingerprint density at radius 3 is 1.98 bits per heavy atom. The van der Waals surface area contributed by atoms with Gasteiger partial charge in [-0.1, -0.05) is 79.2 Å². The van der Waals surface area contributed by atoms with Crippen LogP contribution in [0.5, 0.6) is 5.75 Å². The molecule has 3 aromatic carbocycles. The molecular formula is C39H52N4O7. The van der Waals surface area contributed by atoms with Crippen LogP contribution in [0.15, 0.2) is 84.9 Å². The van der Waals surface area contributed by atoms with Crippen molar-refractivity contribution in [1.29, 1.82) is 0 Å². The topological polar surface area (TPSA) is 180 Å². The number of hydrogen-bond acceptors (Lipinski definition) is 7. The number of rotatable bonds is 18.